The predicted molar refractivity (Wildman–Crippen MR) is 72.1 cm³/mol. The van der Waals surface area contributed by atoms with Gasteiger partial charge in [0.25, 0.3) is 0 Å². The zero-order chi connectivity index (χ0) is 11.6. The van der Waals surface area contributed by atoms with Gasteiger partial charge in [0.15, 0.2) is 0 Å². The molecule has 0 spiro atoms. The van der Waals surface area contributed by atoms with Gasteiger partial charge < -0.3 is 4.55 Å². The van der Waals surface area contributed by atoms with Crippen molar-refractivity contribution in [3.8, 4) is 0 Å². The molecule has 0 radical (unpaired) electrons. The van der Waals surface area contributed by atoms with E-state index in [4.69, 9.17) is 0 Å². The van der Waals surface area contributed by atoms with Crippen LogP contribution in [-0.4, -0.2) is 15.0 Å². The molecule has 0 aromatic carbocycles. The van der Waals surface area contributed by atoms with Crippen LogP contribution in [0.3, 0.4) is 0 Å². The van der Waals surface area contributed by atoms with Crippen LogP contribution in [0.4, 0.5) is 0 Å². The standard InChI is InChI=1S/C10H14BrNOS2/c1-7(9-8(11)5-6-14-9)12-15(13)10(2,3)4/h5-6H,1-4H3. The Balaban J connectivity index is 2.90. The van der Waals surface area contributed by atoms with Gasteiger partial charge in [0.2, 0.25) is 0 Å². The second-order valence-corrected chi connectivity index (χ2v) is 7.81. The summed E-state index contributed by atoms with van der Waals surface area (Å²) in [7, 11) is 0. The normalized spacial score (nSPS) is 15.5. The SMILES string of the molecule is CC(=N[S+]([O-])C(C)(C)C)c1sccc1Br. The fraction of sp³-hybridized carbons (Fsp3) is 0.500. The van der Waals surface area contributed by atoms with Crippen molar-refractivity contribution in [2.24, 2.45) is 4.40 Å². The summed E-state index contributed by atoms with van der Waals surface area (Å²) in [4.78, 5) is 1.05. The second kappa shape index (κ2) is 4.99. The van der Waals surface area contributed by atoms with Crippen molar-refractivity contribution in [2.75, 3.05) is 0 Å². The van der Waals surface area contributed by atoms with Gasteiger partial charge in [0.1, 0.15) is 21.8 Å². The summed E-state index contributed by atoms with van der Waals surface area (Å²) in [5.41, 5.74) is 0.824. The third-order valence-corrected chi connectivity index (χ3v) is 5.12. The summed E-state index contributed by atoms with van der Waals surface area (Å²) in [5, 5.41) is 1.98. The molecule has 0 aliphatic heterocycles. The summed E-state index contributed by atoms with van der Waals surface area (Å²) in [6, 6.07) is 1.97. The lowest BCUT2D eigenvalue weighted by Crippen LogP contribution is -2.26. The Kier molecular flexibility index (Phi) is 4.40. The van der Waals surface area contributed by atoms with Crippen molar-refractivity contribution in [3.63, 3.8) is 0 Å². The van der Waals surface area contributed by atoms with E-state index >= 15 is 0 Å². The molecular formula is C10H14BrNOS2. The number of rotatable bonds is 2. The van der Waals surface area contributed by atoms with Crippen LogP contribution < -0.4 is 0 Å². The van der Waals surface area contributed by atoms with E-state index in [1.54, 1.807) is 11.3 Å². The van der Waals surface area contributed by atoms with Crippen LogP contribution in [0.2, 0.25) is 0 Å². The summed E-state index contributed by atoms with van der Waals surface area (Å²) in [5.74, 6) is 0. The molecule has 0 saturated heterocycles. The molecule has 5 heteroatoms. The Morgan fingerprint density at radius 1 is 1.53 bits per heavy atom. The monoisotopic (exact) mass is 307 g/mol. The quantitative estimate of drug-likeness (QED) is 0.605. The summed E-state index contributed by atoms with van der Waals surface area (Å²) >= 11 is 3.85. The fourth-order valence-electron chi connectivity index (χ4n) is 0.855. The van der Waals surface area contributed by atoms with Gasteiger partial charge in [0, 0.05) is 4.47 Å². The Morgan fingerprint density at radius 3 is 2.53 bits per heavy atom. The third kappa shape index (κ3) is 3.59. The number of thiophene rings is 1. The van der Waals surface area contributed by atoms with E-state index in [1.807, 2.05) is 39.1 Å². The van der Waals surface area contributed by atoms with Crippen LogP contribution in [0.5, 0.6) is 0 Å². The maximum absolute atomic E-state index is 11.8. The van der Waals surface area contributed by atoms with Crippen molar-refractivity contribution in [3.05, 3.63) is 20.8 Å². The van der Waals surface area contributed by atoms with E-state index in [9.17, 15) is 4.55 Å². The highest BCUT2D eigenvalue weighted by Crippen LogP contribution is 2.25. The van der Waals surface area contributed by atoms with Gasteiger partial charge in [-0.1, -0.05) is 4.40 Å². The van der Waals surface area contributed by atoms with Crippen molar-refractivity contribution < 1.29 is 4.55 Å². The van der Waals surface area contributed by atoms with Crippen molar-refractivity contribution >= 4 is 44.3 Å². The highest BCUT2D eigenvalue weighted by atomic mass is 79.9. The number of nitrogens with zero attached hydrogens (tertiary/aromatic N) is 1. The van der Waals surface area contributed by atoms with Gasteiger partial charge in [0.05, 0.1) is 4.88 Å². The van der Waals surface area contributed by atoms with Crippen LogP contribution in [-0.2, 0) is 11.4 Å². The lowest BCUT2D eigenvalue weighted by atomic mass is 10.3. The number of hydrogen-bond acceptors (Lipinski definition) is 3. The van der Waals surface area contributed by atoms with Gasteiger partial charge in [-0.25, -0.2) is 0 Å². The Labute approximate surface area is 106 Å². The molecule has 1 rings (SSSR count). The molecule has 2 nitrogen and oxygen atoms in total. The van der Waals surface area contributed by atoms with Crippen LogP contribution >= 0.6 is 27.3 Å². The average molecular weight is 308 g/mol. The molecule has 1 aromatic heterocycles. The van der Waals surface area contributed by atoms with Crippen molar-refractivity contribution in [2.45, 2.75) is 32.4 Å². The van der Waals surface area contributed by atoms with Gasteiger partial charge in [-0.3, -0.25) is 0 Å². The smallest absolute Gasteiger partial charge is 0.144 e. The number of hydrogen-bond donors (Lipinski definition) is 0. The highest BCUT2D eigenvalue weighted by molar-refractivity contribution is 9.10. The minimum atomic E-state index is -1.19. The van der Waals surface area contributed by atoms with E-state index in [0.717, 1.165) is 15.1 Å². The molecule has 0 amide bonds. The van der Waals surface area contributed by atoms with E-state index in [2.05, 4.69) is 20.3 Å². The first-order valence-electron chi connectivity index (χ1n) is 4.53. The average Bonchev–Trinajstić information content (AvgIpc) is 2.49. The Morgan fingerprint density at radius 2 is 2.13 bits per heavy atom. The van der Waals surface area contributed by atoms with Gasteiger partial charge in [-0.05, 0) is 55.1 Å². The molecule has 0 aliphatic rings. The Bertz CT molecular complexity index is 368. The Hall–Kier alpha value is 0.160. The molecule has 0 aliphatic carbocycles. The minimum Gasteiger partial charge on any atom is -0.591 e. The molecule has 0 saturated carbocycles. The molecule has 0 bridgehead atoms. The lowest BCUT2D eigenvalue weighted by Gasteiger charge is -2.18. The van der Waals surface area contributed by atoms with E-state index in [-0.39, 0.29) is 4.75 Å². The molecule has 0 N–H and O–H groups in total. The molecular weight excluding hydrogens is 294 g/mol. The van der Waals surface area contributed by atoms with Gasteiger partial charge >= 0.3 is 0 Å². The second-order valence-electron chi connectivity index (χ2n) is 4.14. The van der Waals surface area contributed by atoms with E-state index in [0.29, 0.717) is 0 Å². The van der Waals surface area contributed by atoms with Gasteiger partial charge in [-0.15, -0.1) is 11.3 Å². The highest BCUT2D eigenvalue weighted by Gasteiger charge is 2.27. The van der Waals surface area contributed by atoms with Crippen molar-refractivity contribution in [1.82, 2.24) is 0 Å². The van der Waals surface area contributed by atoms with Crippen LogP contribution in [0, 0.1) is 0 Å². The van der Waals surface area contributed by atoms with Gasteiger partial charge in [-0.2, -0.15) is 0 Å². The first-order chi connectivity index (χ1) is 6.82. The summed E-state index contributed by atoms with van der Waals surface area (Å²) < 4.78 is 16.7. The minimum absolute atomic E-state index is 0.301. The lowest BCUT2D eigenvalue weighted by molar-refractivity contribution is 0.561. The zero-order valence-electron chi connectivity index (χ0n) is 9.20. The first kappa shape index (κ1) is 13.2. The molecule has 15 heavy (non-hydrogen) atoms. The maximum atomic E-state index is 11.8. The molecule has 0 fully saturated rings. The van der Waals surface area contributed by atoms with Crippen molar-refractivity contribution in [1.29, 1.82) is 0 Å². The van der Waals surface area contributed by atoms with E-state index in [1.165, 1.54) is 0 Å². The first-order valence-corrected chi connectivity index (χ1v) is 7.31. The molecule has 1 heterocycles. The fourth-order valence-corrected chi connectivity index (χ4v) is 3.14. The predicted octanol–water partition coefficient (Wildman–Crippen LogP) is 3.78. The third-order valence-electron chi connectivity index (χ3n) is 1.69. The molecule has 84 valence electrons. The molecule has 1 atom stereocenters. The number of halogens is 1. The van der Waals surface area contributed by atoms with Crippen LogP contribution in [0.25, 0.3) is 0 Å². The summed E-state index contributed by atoms with van der Waals surface area (Å²) in [6.07, 6.45) is 0. The van der Waals surface area contributed by atoms with E-state index < -0.39 is 11.4 Å². The zero-order valence-corrected chi connectivity index (χ0v) is 12.4. The maximum Gasteiger partial charge on any atom is 0.144 e. The molecule has 1 unspecified atom stereocenters. The van der Waals surface area contributed by atoms with Crippen LogP contribution in [0.15, 0.2) is 20.3 Å². The largest absolute Gasteiger partial charge is 0.591 e. The summed E-state index contributed by atoms with van der Waals surface area (Å²) in [6.45, 7) is 7.65. The topological polar surface area (TPSA) is 35.4 Å². The molecule has 1 aromatic rings. The van der Waals surface area contributed by atoms with Crippen LogP contribution in [0.1, 0.15) is 32.6 Å².